The molecule has 0 radical (unpaired) electrons. The Morgan fingerprint density at radius 1 is 1.26 bits per heavy atom. The Labute approximate surface area is 176 Å². The lowest BCUT2D eigenvalue weighted by atomic mass is 10.0. The largest absolute Gasteiger partial charge is 0.493 e. The average molecular weight is 418 g/mol. The van der Waals surface area contributed by atoms with Crippen LogP contribution in [0, 0.1) is 5.82 Å². The van der Waals surface area contributed by atoms with Gasteiger partial charge in [0.25, 0.3) is 0 Å². The molecule has 5 rings (SSSR count). The Bertz CT molecular complexity index is 1370. The van der Waals surface area contributed by atoms with Gasteiger partial charge in [-0.15, -0.1) is 0 Å². The SMILES string of the molecule is C=NNc1c(-c2cccn3ncnc23)cnc(=NCc2c(F)ccc3c2CCO3)n1C. The number of halogens is 1. The van der Waals surface area contributed by atoms with Crippen LogP contribution in [0.5, 0.6) is 5.75 Å². The number of pyridine rings is 1. The number of hydrogen-bond acceptors (Lipinski definition) is 7. The Morgan fingerprint density at radius 2 is 2.16 bits per heavy atom. The van der Waals surface area contributed by atoms with Gasteiger partial charge in [-0.1, -0.05) is 0 Å². The zero-order chi connectivity index (χ0) is 21.4. The first-order valence-corrected chi connectivity index (χ1v) is 9.67. The standard InChI is InChI=1S/C21H19FN8O/c1-23-28-20-16(14-4-3-8-30-19(14)26-12-27-30)11-25-21(29(20)2)24-10-15-13-7-9-31-18(13)6-5-17(15)22/h3-6,8,11-12,28H,1,7,9-10H2,2H3. The number of nitrogens with one attached hydrogen (secondary N) is 1. The summed E-state index contributed by atoms with van der Waals surface area (Å²) in [7, 11) is 1.81. The Kier molecular flexibility index (Phi) is 4.66. The lowest BCUT2D eigenvalue weighted by Gasteiger charge is -2.14. The first-order chi connectivity index (χ1) is 15.2. The van der Waals surface area contributed by atoms with Crippen molar-refractivity contribution in [2.45, 2.75) is 13.0 Å². The predicted octanol–water partition coefficient (Wildman–Crippen LogP) is 2.33. The summed E-state index contributed by atoms with van der Waals surface area (Å²) in [6.45, 7) is 4.24. The number of hydrogen-bond donors (Lipinski definition) is 1. The minimum atomic E-state index is -0.295. The van der Waals surface area contributed by atoms with Gasteiger partial charge in [-0.3, -0.25) is 9.99 Å². The van der Waals surface area contributed by atoms with Gasteiger partial charge in [-0.2, -0.15) is 10.2 Å². The van der Waals surface area contributed by atoms with Crippen LogP contribution in [0.2, 0.25) is 0 Å². The number of aromatic nitrogens is 5. The van der Waals surface area contributed by atoms with Crippen molar-refractivity contribution in [2.75, 3.05) is 12.0 Å². The number of nitrogens with zero attached hydrogens (tertiary/aromatic N) is 7. The molecule has 4 aromatic rings. The van der Waals surface area contributed by atoms with Crippen molar-refractivity contribution in [1.82, 2.24) is 24.1 Å². The number of benzene rings is 1. The van der Waals surface area contributed by atoms with Crippen molar-refractivity contribution in [3.8, 4) is 16.9 Å². The van der Waals surface area contributed by atoms with Gasteiger partial charge in [0.2, 0.25) is 5.62 Å². The second kappa shape index (κ2) is 7.63. The summed E-state index contributed by atoms with van der Waals surface area (Å²) in [5.74, 6) is 1.05. The first-order valence-electron chi connectivity index (χ1n) is 9.67. The second-order valence-electron chi connectivity index (χ2n) is 7.02. The summed E-state index contributed by atoms with van der Waals surface area (Å²) >= 11 is 0. The minimum Gasteiger partial charge on any atom is -0.493 e. The number of anilines is 1. The zero-order valence-electron chi connectivity index (χ0n) is 16.8. The molecular weight excluding hydrogens is 399 g/mol. The summed E-state index contributed by atoms with van der Waals surface area (Å²) in [4.78, 5) is 13.4. The molecule has 1 aliphatic heterocycles. The van der Waals surface area contributed by atoms with Crippen molar-refractivity contribution in [1.29, 1.82) is 0 Å². The highest BCUT2D eigenvalue weighted by Gasteiger charge is 2.19. The van der Waals surface area contributed by atoms with E-state index in [9.17, 15) is 4.39 Å². The van der Waals surface area contributed by atoms with Crippen molar-refractivity contribution >= 4 is 18.2 Å². The minimum absolute atomic E-state index is 0.152. The number of fused-ring (bicyclic) bond motifs is 2. The van der Waals surface area contributed by atoms with E-state index < -0.39 is 0 Å². The fourth-order valence-electron chi connectivity index (χ4n) is 3.80. The van der Waals surface area contributed by atoms with E-state index in [4.69, 9.17) is 4.74 Å². The van der Waals surface area contributed by atoms with Crippen molar-refractivity contribution < 1.29 is 9.13 Å². The summed E-state index contributed by atoms with van der Waals surface area (Å²) in [6.07, 6.45) is 5.67. The molecule has 1 aromatic carbocycles. The summed E-state index contributed by atoms with van der Waals surface area (Å²) < 4.78 is 23.4. The maximum Gasteiger partial charge on any atom is 0.226 e. The normalized spacial score (nSPS) is 13.3. The number of rotatable bonds is 5. The molecule has 0 fully saturated rings. The monoisotopic (exact) mass is 418 g/mol. The van der Waals surface area contributed by atoms with E-state index in [0.717, 1.165) is 22.4 Å². The quantitative estimate of drug-likeness (QED) is 0.397. The highest BCUT2D eigenvalue weighted by molar-refractivity contribution is 5.83. The molecule has 0 atom stereocenters. The molecule has 0 bridgehead atoms. The molecule has 1 aliphatic rings. The molecule has 1 N–H and O–H groups in total. The van der Waals surface area contributed by atoms with E-state index in [0.29, 0.717) is 35.7 Å². The molecule has 3 aromatic heterocycles. The van der Waals surface area contributed by atoms with Crippen LogP contribution in [-0.2, 0) is 20.0 Å². The fraction of sp³-hybridized carbons (Fsp3) is 0.190. The van der Waals surface area contributed by atoms with Crippen LogP contribution in [0.4, 0.5) is 10.2 Å². The third kappa shape index (κ3) is 3.21. The van der Waals surface area contributed by atoms with Crippen LogP contribution in [0.3, 0.4) is 0 Å². The second-order valence-corrected chi connectivity index (χ2v) is 7.02. The van der Waals surface area contributed by atoms with E-state index in [1.807, 2.05) is 25.4 Å². The maximum absolute atomic E-state index is 14.5. The zero-order valence-corrected chi connectivity index (χ0v) is 16.8. The highest BCUT2D eigenvalue weighted by Crippen LogP contribution is 2.31. The van der Waals surface area contributed by atoms with Gasteiger partial charge in [-0.25, -0.2) is 23.9 Å². The molecule has 0 saturated carbocycles. The van der Waals surface area contributed by atoms with Gasteiger partial charge in [0.1, 0.15) is 23.7 Å². The summed E-state index contributed by atoms with van der Waals surface area (Å²) in [6, 6.07) is 6.88. The molecular formula is C21H19FN8O. The first kappa shape index (κ1) is 18.9. The maximum atomic E-state index is 14.5. The molecule has 9 nitrogen and oxygen atoms in total. The van der Waals surface area contributed by atoms with Crippen LogP contribution in [-0.4, -0.2) is 37.5 Å². The van der Waals surface area contributed by atoms with Crippen LogP contribution in [0.1, 0.15) is 11.1 Å². The van der Waals surface area contributed by atoms with E-state index in [2.05, 4.69) is 37.3 Å². The van der Waals surface area contributed by atoms with Crippen LogP contribution < -0.4 is 15.8 Å². The van der Waals surface area contributed by atoms with Crippen molar-refractivity contribution in [3.63, 3.8) is 0 Å². The lowest BCUT2D eigenvalue weighted by Crippen LogP contribution is -2.24. The van der Waals surface area contributed by atoms with E-state index in [-0.39, 0.29) is 12.4 Å². The van der Waals surface area contributed by atoms with Gasteiger partial charge < -0.3 is 4.74 Å². The Balaban J connectivity index is 1.61. The molecule has 156 valence electrons. The third-order valence-electron chi connectivity index (χ3n) is 5.30. The molecule has 0 aliphatic carbocycles. The highest BCUT2D eigenvalue weighted by atomic mass is 19.1. The Hall–Kier alpha value is -4.08. The number of ether oxygens (including phenoxy) is 1. The fourth-order valence-corrected chi connectivity index (χ4v) is 3.80. The van der Waals surface area contributed by atoms with Gasteiger partial charge in [0, 0.05) is 54.8 Å². The van der Waals surface area contributed by atoms with E-state index in [1.54, 1.807) is 21.3 Å². The molecule has 0 spiro atoms. The van der Waals surface area contributed by atoms with Crippen LogP contribution in [0.15, 0.2) is 53.1 Å². The Morgan fingerprint density at radius 3 is 3.03 bits per heavy atom. The van der Waals surface area contributed by atoms with Gasteiger partial charge in [0.15, 0.2) is 5.65 Å². The van der Waals surface area contributed by atoms with Crippen molar-refractivity contribution in [3.05, 3.63) is 65.5 Å². The van der Waals surface area contributed by atoms with Gasteiger partial charge in [-0.05, 0) is 24.3 Å². The molecule has 0 amide bonds. The van der Waals surface area contributed by atoms with Crippen LogP contribution in [0.25, 0.3) is 16.8 Å². The van der Waals surface area contributed by atoms with Crippen molar-refractivity contribution in [2.24, 2.45) is 17.1 Å². The molecule has 10 heteroatoms. The van der Waals surface area contributed by atoms with Gasteiger partial charge >= 0.3 is 0 Å². The smallest absolute Gasteiger partial charge is 0.226 e. The lowest BCUT2D eigenvalue weighted by molar-refractivity contribution is 0.356. The summed E-state index contributed by atoms with van der Waals surface area (Å²) in [5, 5.41) is 8.01. The third-order valence-corrected chi connectivity index (χ3v) is 5.30. The topological polar surface area (TPSA) is 94.0 Å². The average Bonchev–Trinajstić information content (AvgIpc) is 3.44. The van der Waals surface area contributed by atoms with E-state index in [1.165, 1.54) is 12.4 Å². The number of hydrazone groups is 1. The van der Waals surface area contributed by atoms with Gasteiger partial charge in [0.05, 0.1) is 13.2 Å². The predicted molar refractivity (Wildman–Crippen MR) is 113 cm³/mol. The van der Waals surface area contributed by atoms with E-state index >= 15 is 0 Å². The summed E-state index contributed by atoms with van der Waals surface area (Å²) in [5.41, 5.74) is 7.00. The molecule has 31 heavy (non-hydrogen) atoms. The van der Waals surface area contributed by atoms with Crippen LogP contribution >= 0.6 is 0 Å². The molecule has 0 saturated heterocycles. The molecule has 4 heterocycles. The molecule has 0 unspecified atom stereocenters.